The fourth-order valence-corrected chi connectivity index (χ4v) is 3.18. The summed E-state index contributed by atoms with van der Waals surface area (Å²) in [5, 5.41) is 14.0. The molecule has 2 heterocycles. The van der Waals surface area contributed by atoms with Crippen molar-refractivity contribution in [1.29, 1.82) is 0 Å². The molecule has 1 unspecified atom stereocenters. The summed E-state index contributed by atoms with van der Waals surface area (Å²) in [7, 11) is 0. The van der Waals surface area contributed by atoms with Gasteiger partial charge in [0, 0.05) is 31.4 Å². The smallest absolute Gasteiger partial charge is 0.325 e. The molecule has 0 aromatic carbocycles. The van der Waals surface area contributed by atoms with E-state index in [1.54, 1.807) is 11.3 Å². The first kappa shape index (κ1) is 13.0. The van der Waals surface area contributed by atoms with Gasteiger partial charge in [0.05, 0.1) is 0 Å². The number of amides is 1. The number of carbonyl (C=O) groups is 2. The number of carbonyl (C=O) groups excluding carboxylic acids is 1. The van der Waals surface area contributed by atoms with E-state index in [4.69, 9.17) is 0 Å². The molecule has 1 amide bonds. The number of hydrogen-bond donors (Lipinski definition) is 2. The highest BCUT2D eigenvalue weighted by Crippen LogP contribution is 2.32. The number of nitrogens with zero attached hydrogens (tertiary/aromatic N) is 1. The van der Waals surface area contributed by atoms with Gasteiger partial charge in [-0.3, -0.25) is 14.5 Å². The molecule has 1 aliphatic heterocycles. The first-order chi connectivity index (χ1) is 8.59. The third-order valence-corrected chi connectivity index (χ3v) is 4.07. The van der Waals surface area contributed by atoms with E-state index < -0.39 is 12.0 Å². The van der Waals surface area contributed by atoms with Crippen molar-refractivity contribution in [2.45, 2.75) is 19.4 Å². The summed E-state index contributed by atoms with van der Waals surface area (Å²) in [6.07, 6.45) is 0.886. The minimum Gasteiger partial charge on any atom is -0.480 e. The molecule has 1 atom stereocenters. The first-order valence-corrected chi connectivity index (χ1v) is 6.75. The lowest BCUT2D eigenvalue weighted by Crippen LogP contribution is -2.43. The predicted octanol–water partition coefficient (Wildman–Crippen LogP) is 0.868. The van der Waals surface area contributed by atoms with Gasteiger partial charge in [-0.2, -0.15) is 0 Å². The van der Waals surface area contributed by atoms with Crippen LogP contribution in [0.5, 0.6) is 0 Å². The topological polar surface area (TPSA) is 69.6 Å². The molecule has 0 saturated heterocycles. The largest absolute Gasteiger partial charge is 0.480 e. The van der Waals surface area contributed by atoms with Crippen molar-refractivity contribution in [3.8, 4) is 0 Å². The van der Waals surface area contributed by atoms with Crippen molar-refractivity contribution in [3.05, 3.63) is 21.9 Å². The molecule has 2 rings (SSSR count). The Morgan fingerprint density at radius 2 is 2.39 bits per heavy atom. The van der Waals surface area contributed by atoms with Gasteiger partial charge in [0.1, 0.15) is 6.04 Å². The van der Waals surface area contributed by atoms with Crippen molar-refractivity contribution in [2.75, 3.05) is 19.6 Å². The van der Waals surface area contributed by atoms with Crippen LogP contribution in [0.3, 0.4) is 0 Å². The summed E-state index contributed by atoms with van der Waals surface area (Å²) in [6.45, 7) is 3.23. The molecule has 0 radical (unpaired) electrons. The molecular formula is C12H16N2O3S. The van der Waals surface area contributed by atoms with Gasteiger partial charge in [-0.25, -0.2) is 0 Å². The number of rotatable bonds is 4. The molecule has 1 aromatic heterocycles. The van der Waals surface area contributed by atoms with E-state index in [0.717, 1.165) is 23.4 Å². The van der Waals surface area contributed by atoms with Gasteiger partial charge < -0.3 is 10.4 Å². The molecule has 5 nitrogen and oxygen atoms in total. The van der Waals surface area contributed by atoms with E-state index in [1.165, 1.54) is 6.92 Å². The number of hydrogen-bond acceptors (Lipinski definition) is 4. The van der Waals surface area contributed by atoms with E-state index in [1.807, 2.05) is 16.3 Å². The van der Waals surface area contributed by atoms with Gasteiger partial charge in [-0.05, 0) is 23.4 Å². The minimum atomic E-state index is -0.822. The van der Waals surface area contributed by atoms with Crippen molar-refractivity contribution in [2.24, 2.45) is 0 Å². The summed E-state index contributed by atoms with van der Waals surface area (Å²) in [6, 6.07) is 1.32. The Morgan fingerprint density at radius 1 is 1.61 bits per heavy atom. The summed E-state index contributed by atoms with van der Waals surface area (Å²) in [5.74, 6) is -0.910. The zero-order valence-corrected chi connectivity index (χ0v) is 11.0. The van der Waals surface area contributed by atoms with Gasteiger partial charge in [-0.15, -0.1) is 11.3 Å². The van der Waals surface area contributed by atoms with Crippen molar-refractivity contribution in [1.82, 2.24) is 10.2 Å². The molecule has 1 aromatic rings. The van der Waals surface area contributed by atoms with E-state index in [0.29, 0.717) is 13.1 Å². The monoisotopic (exact) mass is 268 g/mol. The zero-order chi connectivity index (χ0) is 13.1. The number of fused-ring (bicyclic) bond motifs is 1. The van der Waals surface area contributed by atoms with Crippen LogP contribution in [0.15, 0.2) is 11.4 Å². The Bertz CT molecular complexity index is 458. The summed E-state index contributed by atoms with van der Waals surface area (Å²) >= 11 is 1.62. The lowest BCUT2D eigenvalue weighted by Gasteiger charge is -2.33. The van der Waals surface area contributed by atoms with Gasteiger partial charge in [0.2, 0.25) is 5.91 Å². The van der Waals surface area contributed by atoms with Crippen LogP contribution in [-0.4, -0.2) is 41.5 Å². The highest BCUT2D eigenvalue weighted by atomic mass is 32.1. The summed E-state index contributed by atoms with van der Waals surface area (Å²) in [4.78, 5) is 25.3. The normalized spacial score (nSPS) is 19.3. The molecule has 0 fully saturated rings. The second kappa shape index (κ2) is 5.49. The maximum absolute atomic E-state index is 11.4. The second-order valence-electron chi connectivity index (χ2n) is 4.31. The standard InChI is InChI=1S/C12H16N2O3S/c1-8(15)13-4-6-14-5-2-10-9(3-7-18-10)11(14)12(16)17/h3,7,11H,2,4-6H2,1H3,(H,13,15)(H,16,17). The fourth-order valence-electron chi connectivity index (χ4n) is 2.27. The van der Waals surface area contributed by atoms with Crippen LogP contribution >= 0.6 is 11.3 Å². The molecule has 0 aliphatic carbocycles. The van der Waals surface area contributed by atoms with Gasteiger partial charge in [0.25, 0.3) is 0 Å². The third kappa shape index (κ3) is 2.70. The number of carboxylic acids is 1. The lowest BCUT2D eigenvalue weighted by molar-refractivity contribution is -0.144. The molecular weight excluding hydrogens is 252 g/mol. The quantitative estimate of drug-likeness (QED) is 0.850. The summed E-state index contributed by atoms with van der Waals surface area (Å²) in [5.41, 5.74) is 0.904. The molecule has 18 heavy (non-hydrogen) atoms. The van der Waals surface area contributed by atoms with Gasteiger partial charge in [0.15, 0.2) is 0 Å². The van der Waals surface area contributed by atoms with Crippen LogP contribution in [0.2, 0.25) is 0 Å². The van der Waals surface area contributed by atoms with E-state index in [2.05, 4.69) is 5.32 Å². The Balaban J connectivity index is 2.07. The van der Waals surface area contributed by atoms with E-state index in [-0.39, 0.29) is 5.91 Å². The number of nitrogens with one attached hydrogen (secondary N) is 1. The SMILES string of the molecule is CC(=O)NCCN1CCc2sccc2C1C(=O)O. The second-order valence-corrected chi connectivity index (χ2v) is 5.31. The number of aliphatic carboxylic acids is 1. The van der Waals surface area contributed by atoms with Crippen molar-refractivity contribution >= 4 is 23.2 Å². The van der Waals surface area contributed by atoms with Crippen LogP contribution in [0.1, 0.15) is 23.4 Å². The maximum Gasteiger partial charge on any atom is 0.325 e. The average Bonchev–Trinajstić information content (AvgIpc) is 2.75. The van der Waals surface area contributed by atoms with Crippen molar-refractivity contribution < 1.29 is 14.7 Å². The molecule has 1 aliphatic rings. The van der Waals surface area contributed by atoms with Crippen LogP contribution in [0, 0.1) is 0 Å². The lowest BCUT2D eigenvalue weighted by atomic mass is 10.00. The Morgan fingerprint density at radius 3 is 3.06 bits per heavy atom. The van der Waals surface area contributed by atoms with Crippen LogP contribution in [0.25, 0.3) is 0 Å². The third-order valence-electron chi connectivity index (χ3n) is 3.07. The maximum atomic E-state index is 11.4. The van der Waals surface area contributed by atoms with Crippen LogP contribution in [0.4, 0.5) is 0 Å². The van der Waals surface area contributed by atoms with E-state index >= 15 is 0 Å². The molecule has 6 heteroatoms. The van der Waals surface area contributed by atoms with Gasteiger partial charge >= 0.3 is 5.97 Å². The first-order valence-electron chi connectivity index (χ1n) is 5.87. The Labute approximate surface area is 109 Å². The van der Waals surface area contributed by atoms with Crippen LogP contribution in [-0.2, 0) is 16.0 Å². The predicted molar refractivity (Wildman–Crippen MR) is 68.7 cm³/mol. The van der Waals surface area contributed by atoms with Gasteiger partial charge in [-0.1, -0.05) is 0 Å². The van der Waals surface area contributed by atoms with Crippen molar-refractivity contribution in [3.63, 3.8) is 0 Å². The molecule has 2 N–H and O–H groups in total. The zero-order valence-electron chi connectivity index (χ0n) is 10.2. The average molecular weight is 268 g/mol. The highest BCUT2D eigenvalue weighted by Gasteiger charge is 2.33. The van der Waals surface area contributed by atoms with E-state index in [9.17, 15) is 14.7 Å². The fraction of sp³-hybridized carbons (Fsp3) is 0.500. The highest BCUT2D eigenvalue weighted by molar-refractivity contribution is 7.10. The van der Waals surface area contributed by atoms with Crippen LogP contribution < -0.4 is 5.32 Å². The minimum absolute atomic E-state index is 0.0879. The number of carboxylic acid groups (broad SMARTS) is 1. The molecule has 0 saturated carbocycles. The molecule has 0 spiro atoms. The summed E-state index contributed by atoms with van der Waals surface area (Å²) < 4.78 is 0. The molecule has 98 valence electrons. The number of thiophene rings is 1. The molecule has 0 bridgehead atoms. The Kier molecular flexibility index (Phi) is 3.98. The Hall–Kier alpha value is -1.40.